The summed E-state index contributed by atoms with van der Waals surface area (Å²) in [6, 6.07) is 0. The third-order valence-corrected chi connectivity index (χ3v) is 6.58. The van der Waals surface area contributed by atoms with E-state index in [0.29, 0.717) is 51.6 Å². The normalized spacial score (nSPS) is 31.0. The summed E-state index contributed by atoms with van der Waals surface area (Å²) < 4.78 is 77.0. The van der Waals surface area contributed by atoms with E-state index in [-0.39, 0.29) is 30.8 Å². The Hall–Kier alpha value is -1.67. The van der Waals surface area contributed by atoms with E-state index in [4.69, 9.17) is 9.47 Å². The largest absolute Gasteiger partial charge is 0.463 e. The summed E-state index contributed by atoms with van der Waals surface area (Å²) in [6.07, 6.45) is -3.27. The van der Waals surface area contributed by atoms with E-state index >= 15 is 0 Å². The molecule has 0 spiro atoms. The van der Waals surface area contributed by atoms with Gasteiger partial charge in [0.05, 0.1) is 6.61 Å². The van der Waals surface area contributed by atoms with E-state index in [2.05, 4.69) is 6.58 Å². The van der Waals surface area contributed by atoms with Crippen molar-refractivity contribution in [3.63, 3.8) is 0 Å². The molecule has 9 heteroatoms. The van der Waals surface area contributed by atoms with Crippen LogP contribution in [0.25, 0.3) is 0 Å². The highest BCUT2D eigenvalue weighted by Gasteiger charge is 2.54. The fourth-order valence-electron chi connectivity index (χ4n) is 4.87. The first kappa shape index (κ1) is 26.6. The molecular weight excluding hydrogens is 435 g/mol. The molecular formula is C23H33F5O4. The predicted molar refractivity (Wildman–Crippen MR) is 108 cm³/mol. The fourth-order valence-corrected chi connectivity index (χ4v) is 4.87. The Morgan fingerprint density at radius 1 is 0.906 bits per heavy atom. The number of halogens is 5. The van der Waals surface area contributed by atoms with E-state index < -0.39 is 36.3 Å². The minimum absolute atomic E-state index is 0.0363. The topological polar surface area (TPSA) is 52.6 Å². The quantitative estimate of drug-likeness (QED) is 0.170. The summed E-state index contributed by atoms with van der Waals surface area (Å²) in [7, 11) is 0. The van der Waals surface area contributed by atoms with E-state index in [9.17, 15) is 31.5 Å². The molecule has 0 N–H and O–H groups in total. The first-order valence-corrected chi connectivity index (χ1v) is 11.4. The SMILES string of the molecule is C=CC(=O)OCCCCCCC(=O)OC1CCC(C2CC(F)C(C(F)(F)F)C(F)C2)CC1. The van der Waals surface area contributed by atoms with Crippen LogP contribution in [0.4, 0.5) is 22.0 Å². The fraction of sp³-hybridized carbons (Fsp3) is 0.826. The molecule has 2 aliphatic carbocycles. The van der Waals surface area contributed by atoms with Crippen molar-refractivity contribution in [1.82, 2.24) is 0 Å². The zero-order valence-electron chi connectivity index (χ0n) is 18.3. The molecule has 0 amide bonds. The highest BCUT2D eigenvalue weighted by atomic mass is 19.4. The average molecular weight is 469 g/mol. The Bertz CT molecular complexity index is 604. The summed E-state index contributed by atoms with van der Waals surface area (Å²) in [5.41, 5.74) is 0. The van der Waals surface area contributed by atoms with E-state index in [1.165, 1.54) is 0 Å². The zero-order chi connectivity index (χ0) is 23.7. The Morgan fingerprint density at radius 2 is 1.50 bits per heavy atom. The van der Waals surface area contributed by atoms with Crippen molar-refractivity contribution in [3.8, 4) is 0 Å². The molecule has 0 radical (unpaired) electrons. The lowest BCUT2D eigenvalue weighted by Gasteiger charge is -2.41. The number of hydrogen-bond donors (Lipinski definition) is 0. The first-order valence-electron chi connectivity index (χ1n) is 11.4. The summed E-state index contributed by atoms with van der Waals surface area (Å²) in [5, 5.41) is 0. The number of esters is 2. The lowest BCUT2D eigenvalue weighted by molar-refractivity contribution is -0.220. The molecule has 0 aromatic rings. The first-order chi connectivity index (χ1) is 15.1. The zero-order valence-corrected chi connectivity index (χ0v) is 18.3. The number of hydrogen-bond acceptors (Lipinski definition) is 4. The summed E-state index contributed by atoms with van der Waals surface area (Å²) in [6.45, 7) is 3.63. The Morgan fingerprint density at radius 3 is 2.06 bits per heavy atom. The predicted octanol–water partition coefficient (Wildman–Crippen LogP) is 6.03. The van der Waals surface area contributed by atoms with Gasteiger partial charge < -0.3 is 9.47 Å². The van der Waals surface area contributed by atoms with Gasteiger partial charge in [-0.15, -0.1) is 0 Å². The van der Waals surface area contributed by atoms with Crippen molar-refractivity contribution in [2.45, 2.75) is 95.3 Å². The summed E-state index contributed by atoms with van der Waals surface area (Å²) in [4.78, 5) is 22.9. The molecule has 0 aromatic heterocycles. The molecule has 184 valence electrons. The van der Waals surface area contributed by atoms with Crippen LogP contribution in [0.1, 0.15) is 70.6 Å². The van der Waals surface area contributed by atoms with Crippen molar-refractivity contribution >= 4 is 11.9 Å². The van der Waals surface area contributed by atoms with Gasteiger partial charge in [-0.05, 0) is 63.2 Å². The lowest BCUT2D eigenvalue weighted by Crippen LogP contribution is -2.46. The Labute approximate surface area is 185 Å². The van der Waals surface area contributed by atoms with E-state index in [1.54, 1.807) is 0 Å². The summed E-state index contributed by atoms with van der Waals surface area (Å²) in [5.74, 6) is -3.69. The third kappa shape index (κ3) is 8.35. The maximum atomic E-state index is 14.1. The third-order valence-electron chi connectivity index (χ3n) is 6.58. The van der Waals surface area contributed by atoms with Crippen LogP contribution in [0.2, 0.25) is 0 Å². The van der Waals surface area contributed by atoms with Gasteiger partial charge in [-0.1, -0.05) is 19.4 Å². The molecule has 0 saturated heterocycles. The molecule has 2 atom stereocenters. The number of rotatable bonds is 10. The maximum Gasteiger partial charge on any atom is 0.397 e. The number of unbranched alkanes of at least 4 members (excludes halogenated alkanes) is 3. The number of ether oxygens (including phenoxy) is 2. The second kappa shape index (κ2) is 12.5. The van der Waals surface area contributed by atoms with Crippen molar-refractivity contribution < 1.29 is 41.0 Å². The second-order valence-corrected chi connectivity index (χ2v) is 8.89. The standard InChI is InChI=1S/C23H33F5O4/c1-2-20(29)31-12-6-4-3-5-7-21(30)32-17-10-8-15(9-11-17)16-13-18(24)22(19(25)14-16)23(26,27)28/h2,15-19,22H,1,3-14H2. The van der Waals surface area contributed by atoms with Gasteiger partial charge in [0.15, 0.2) is 0 Å². The van der Waals surface area contributed by atoms with Crippen LogP contribution >= 0.6 is 0 Å². The van der Waals surface area contributed by atoms with Crippen LogP contribution in [0.15, 0.2) is 12.7 Å². The lowest BCUT2D eigenvalue weighted by atomic mass is 9.69. The van der Waals surface area contributed by atoms with Gasteiger partial charge in [0.2, 0.25) is 0 Å². The van der Waals surface area contributed by atoms with E-state index in [0.717, 1.165) is 18.9 Å². The van der Waals surface area contributed by atoms with Gasteiger partial charge in [0, 0.05) is 12.5 Å². The van der Waals surface area contributed by atoms with Crippen molar-refractivity contribution in [3.05, 3.63) is 12.7 Å². The monoisotopic (exact) mass is 468 g/mol. The average Bonchev–Trinajstić information content (AvgIpc) is 2.71. The van der Waals surface area contributed by atoms with Crippen LogP contribution in [0.5, 0.6) is 0 Å². The number of carbonyl (C=O) groups is 2. The maximum absolute atomic E-state index is 14.1. The molecule has 2 aliphatic rings. The van der Waals surface area contributed by atoms with E-state index in [1.807, 2.05) is 0 Å². The molecule has 32 heavy (non-hydrogen) atoms. The van der Waals surface area contributed by atoms with Crippen LogP contribution in [-0.2, 0) is 19.1 Å². The molecule has 2 fully saturated rings. The number of alkyl halides is 5. The number of carbonyl (C=O) groups excluding carboxylic acids is 2. The van der Waals surface area contributed by atoms with Gasteiger partial charge >= 0.3 is 18.1 Å². The van der Waals surface area contributed by atoms with Crippen molar-refractivity contribution in [2.24, 2.45) is 17.8 Å². The molecule has 2 saturated carbocycles. The van der Waals surface area contributed by atoms with Gasteiger partial charge in [0.1, 0.15) is 24.4 Å². The highest BCUT2D eigenvalue weighted by Crippen LogP contribution is 2.47. The second-order valence-electron chi connectivity index (χ2n) is 8.89. The molecule has 2 rings (SSSR count). The molecule has 4 nitrogen and oxygen atoms in total. The van der Waals surface area contributed by atoms with Gasteiger partial charge in [-0.3, -0.25) is 4.79 Å². The molecule has 0 aromatic carbocycles. The summed E-state index contributed by atoms with van der Waals surface area (Å²) >= 11 is 0. The van der Waals surface area contributed by atoms with Gasteiger partial charge in [-0.25, -0.2) is 13.6 Å². The minimum atomic E-state index is -4.85. The van der Waals surface area contributed by atoms with Gasteiger partial charge in [-0.2, -0.15) is 13.2 Å². The Kier molecular flexibility index (Phi) is 10.4. The smallest absolute Gasteiger partial charge is 0.397 e. The molecule has 0 aliphatic heterocycles. The van der Waals surface area contributed by atoms with Crippen molar-refractivity contribution in [1.29, 1.82) is 0 Å². The minimum Gasteiger partial charge on any atom is -0.463 e. The molecule has 0 heterocycles. The Balaban J connectivity index is 1.60. The van der Waals surface area contributed by atoms with Crippen LogP contribution in [0.3, 0.4) is 0 Å². The van der Waals surface area contributed by atoms with Crippen molar-refractivity contribution in [2.75, 3.05) is 6.61 Å². The van der Waals surface area contributed by atoms with Crippen LogP contribution in [0, 0.1) is 17.8 Å². The molecule has 2 unspecified atom stereocenters. The highest BCUT2D eigenvalue weighted by molar-refractivity contribution is 5.81. The molecule has 0 bridgehead atoms. The van der Waals surface area contributed by atoms with Gasteiger partial charge in [0.25, 0.3) is 0 Å². The van der Waals surface area contributed by atoms with Crippen LogP contribution in [-0.4, -0.2) is 43.2 Å². The van der Waals surface area contributed by atoms with Crippen LogP contribution < -0.4 is 0 Å².